The lowest BCUT2D eigenvalue weighted by Crippen LogP contribution is -2.46. The van der Waals surface area contributed by atoms with Crippen LogP contribution in [0.1, 0.15) is 17.5 Å². The standard InChI is InChI=1S/C22H29N3O3/c1-24(21(26)23-20-10-8-19(9-11-20)15-28-2)16-22(27)12-13-25(17-22)14-18-6-4-3-5-7-18/h3-11,27H,12-17H2,1-2H3,(H,23,26)/t22-/m1/s1. The molecule has 0 aromatic heterocycles. The number of β-amino-alcohol motifs (C(OH)–C–C–N with tert-alkyl or cyclic N) is 1. The van der Waals surface area contributed by atoms with Crippen LogP contribution in [0.2, 0.25) is 0 Å². The summed E-state index contributed by atoms with van der Waals surface area (Å²) in [6.45, 7) is 3.03. The zero-order valence-electron chi connectivity index (χ0n) is 16.6. The monoisotopic (exact) mass is 383 g/mol. The number of anilines is 1. The smallest absolute Gasteiger partial charge is 0.321 e. The van der Waals surface area contributed by atoms with Crippen LogP contribution < -0.4 is 5.32 Å². The predicted octanol–water partition coefficient (Wildman–Crippen LogP) is 2.93. The fourth-order valence-electron chi connectivity index (χ4n) is 3.63. The maximum atomic E-state index is 12.5. The molecule has 2 aromatic carbocycles. The number of methoxy groups -OCH3 is 1. The van der Waals surface area contributed by atoms with Crippen molar-refractivity contribution in [3.05, 3.63) is 65.7 Å². The van der Waals surface area contributed by atoms with E-state index in [-0.39, 0.29) is 6.03 Å². The molecule has 2 amide bonds. The minimum atomic E-state index is -0.886. The Morgan fingerprint density at radius 3 is 2.57 bits per heavy atom. The van der Waals surface area contributed by atoms with Crippen LogP contribution >= 0.6 is 0 Å². The van der Waals surface area contributed by atoms with Crippen molar-refractivity contribution < 1.29 is 14.6 Å². The van der Waals surface area contributed by atoms with Gasteiger partial charge in [0.2, 0.25) is 0 Å². The number of urea groups is 1. The molecule has 2 aromatic rings. The Morgan fingerprint density at radius 2 is 1.89 bits per heavy atom. The molecular weight excluding hydrogens is 354 g/mol. The molecule has 3 rings (SSSR count). The van der Waals surface area contributed by atoms with Gasteiger partial charge in [-0.15, -0.1) is 0 Å². The first-order valence-corrected chi connectivity index (χ1v) is 9.56. The van der Waals surface area contributed by atoms with Gasteiger partial charge in [0.05, 0.1) is 18.8 Å². The molecule has 1 saturated heterocycles. The number of ether oxygens (including phenoxy) is 1. The zero-order valence-corrected chi connectivity index (χ0v) is 16.6. The second-order valence-electron chi connectivity index (χ2n) is 7.59. The largest absolute Gasteiger partial charge is 0.387 e. The van der Waals surface area contributed by atoms with Gasteiger partial charge in [-0.1, -0.05) is 42.5 Å². The highest BCUT2D eigenvalue weighted by atomic mass is 16.5. The molecule has 0 spiro atoms. The molecule has 28 heavy (non-hydrogen) atoms. The number of amides is 2. The summed E-state index contributed by atoms with van der Waals surface area (Å²) in [5.41, 5.74) is 2.12. The number of likely N-dealkylation sites (N-methyl/N-ethyl adjacent to an activating group) is 1. The Morgan fingerprint density at radius 1 is 1.18 bits per heavy atom. The van der Waals surface area contributed by atoms with E-state index in [9.17, 15) is 9.90 Å². The third-order valence-corrected chi connectivity index (χ3v) is 5.05. The number of nitrogens with one attached hydrogen (secondary N) is 1. The van der Waals surface area contributed by atoms with Crippen LogP contribution in [-0.4, -0.2) is 60.3 Å². The van der Waals surface area contributed by atoms with Crippen molar-refractivity contribution in [1.29, 1.82) is 0 Å². The van der Waals surface area contributed by atoms with Crippen LogP contribution in [-0.2, 0) is 17.9 Å². The minimum Gasteiger partial charge on any atom is -0.387 e. The summed E-state index contributed by atoms with van der Waals surface area (Å²) in [5, 5.41) is 13.8. The van der Waals surface area contributed by atoms with E-state index < -0.39 is 5.60 Å². The third-order valence-electron chi connectivity index (χ3n) is 5.05. The molecule has 150 valence electrons. The minimum absolute atomic E-state index is 0.227. The van der Waals surface area contributed by atoms with E-state index in [0.29, 0.717) is 26.1 Å². The Balaban J connectivity index is 1.50. The molecule has 0 aliphatic carbocycles. The Labute approximate surface area is 166 Å². The molecular formula is C22H29N3O3. The first kappa shape index (κ1) is 20.3. The average Bonchev–Trinajstić information content (AvgIpc) is 3.04. The fourth-order valence-corrected chi connectivity index (χ4v) is 3.63. The molecule has 1 heterocycles. The van der Waals surface area contributed by atoms with E-state index >= 15 is 0 Å². The van der Waals surface area contributed by atoms with Crippen molar-refractivity contribution in [2.45, 2.75) is 25.2 Å². The summed E-state index contributed by atoms with van der Waals surface area (Å²) in [7, 11) is 3.37. The van der Waals surface area contributed by atoms with Crippen molar-refractivity contribution >= 4 is 11.7 Å². The molecule has 1 fully saturated rings. The zero-order chi connectivity index (χ0) is 20.0. The van der Waals surface area contributed by atoms with Crippen LogP contribution in [0.25, 0.3) is 0 Å². The Hall–Kier alpha value is -2.41. The van der Waals surface area contributed by atoms with Crippen molar-refractivity contribution in [2.24, 2.45) is 0 Å². The van der Waals surface area contributed by atoms with E-state index in [4.69, 9.17) is 4.74 Å². The van der Waals surface area contributed by atoms with Gasteiger partial charge in [-0.2, -0.15) is 0 Å². The van der Waals surface area contributed by atoms with E-state index in [2.05, 4.69) is 22.3 Å². The van der Waals surface area contributed by atoms with Crippen LogP contribution in [0.4, 0.5) is 10.5 Å². The lowest BCUT2D eigenvalue weighted by molar-refractivity contribution is 0.0275. The van der Waals surface area contributed by atoms with Gasteiger partial charge in [0.25, 0.3) is 0 Å². The number of hydrogen-bond donors (Lipinski definition) is 2. The third kappa shape index (κ3) is 5.55. The molecule has 0 unspecified atom stereocenters. The lowest BCUT2D eigenvalue weighted by atomic mass is 10.0. The number of benzene rings is 2. The second kappa shape index (κ2) is 9.19. The molecule has 6 heteroatoms. The number of likely N-dealkylation sites (tertiary alicyclic amines) is 1. The summed E-state index contributed by atoms with van der Waals surface area (Å²) in [6, 6.07) is 17.6. The van der Waals surface area contributed by atoms with Gasteiger partial charge >= 0.3 is 6.03 Å². The maximum Gasteiger partial charge on any atom is 0.321 e. The van der Waals surface area contributed by atoms with Crippen LogP contribution in [0.15, 0.2) is 54.6 Å². The second-order valence-corrected chi connectivity index (χ2v) is 7.59. The van der Waals surface area contributed by atoms with E-state index in [1.807, 2.05) is 42.5 Å². The predicted molar refractivity (Wildman–Crippen MR) is 110 cm³/mol. The van der Waals surface area contributed by atoms with Crippen molar-refractivity contribution in [3.8, 4) is 0 Å². The first-order chi connectivity index (χ1) is 13.5. The first-order valence-electron chi connectivity index (χ1n) is 9.56. The summed E-state index contributed by atoms with van der Waals surface area (Å²) in [5.74, 6) is 0. The average molecular weight is 383 g/mol. The number of rotatable bonds is 7. The lowest BCUT2D eigenvalue weighted by Gasteiger charge is -2.29. The van der Waals surface area contributed by atoms with Gasteiger partial charge in [-0.3, -0.25) is 4.90 Å². The van der Waals surface area contributed by atoms with Gasteiger partial charge in [-0.25, -0.2) is 4.79 Å². The summed E-state index contributed by atoms with van der Waals surface area (Å²) in [4.78, 5) is 16.3. The molecule has 6 nitrogen and oxygen atoms in total. The Kier molecular flexibility index (Phi) is 6.67. The highest BCUT2D eigenvalue weighted by molar-refractivity contribution is 5.89. The summed E-state index contributed by atoms with van der Waals surface area (Å²) < 4.78 is 5.09. The van der Waals surface area contributed by atoms with Crippen molar-refractivity contribution in [3.63, 3.8) is 0 Å². The quantitative estimate of drug-likeness (QED) is 0.772. The fraction of sp³-hybridized carbons (Fsp3) is 0.409. The number of hydrogen-bond acceptors (Lipinski definition) is 4. The van der Waals surface area contributed by atoms with E-state index in [1.54, 1.807) is 19.1 Å². The molecule has 1 aliphatic rings. The maximum absolute atomic E-state index is 12.5. The number of carbonyl (C=O) groups is 1. The van der Waals surface area contributed by atoms with Gasteiger partial charge in [0.15, 0.2) is 0 Å². The normalized spacial score (nSPS) is 19.5. The van der Waals surface area contributed by atoms with Gasteiger partial charge in [0, 0.05) is 39.5 Å². The summed E-state index contributed by atoms with van der Waals surface area (Å²) in [6.07, 6.45) is 0.656. The van der Waals surface area contributed by atoms with Crippen LogP contribution in [0.5, 0.6) is 0 Å². The molecule has 0 saturated carbocycles. The SMILES string of the molecule is COCc1ccc(NC(=O)N(C)C[C@]2(O)CCN(Cc3ccccc3)C2)cc1. The molecule has 1 atom stereocenters. The molecule has 1 aliphatic heterocycles. The topological polar surface area (TPSA) is 65.0 Å². The highest BCUT2D eigenvalue weighted by Gasteiger charge is 2.37. The Bertz CT molecular complexity index is 766. The molecule has 2 N–H and O–H groups in total. The molecule has 0 bridgehead atoms. The van der Waals surface area contributed by atoms with Gasteiger partial charge < -0.3 is 20.1 Å². The number of nitrogens with zero attached hydrogens (tertiary/aromatic N) is 2. The number of carbonyl (C=O) groups excluding carboxylic acids is 1. The van der Waals surface area contributed by atoms with Crippen molar-refractivity contribution in [2.75, 3.05) is 39.1 Å². The number of aliphatic hydroxyl groups is 1. The van der Waals surface area contributed by atoms with Gasteiger partial charge in [-0.05, 0) is 29.7 Å². The van der Waals surface area contributed by atoms with Crippen LogP contribution in [0.3, 0.4) is 0 Å². The highest BCUT2D eigenvalue weighted by Crippen LogP contribution is 2.24. The molecule has 0 radical (unpaired) electrons. The van der Waals surface area contributed by atoms with E-state index in [0.717, 1.165) is 24.3 Å². The summed E-state index contributed by atoms with van der Waals surface area (Å²) >= 11 is 0. The van der Waals surface area contributed by atoms with E-state index in [1.165, 1.54) is 5.56 Å². The van der Waals surface area contributed by atoms with Crippen molar-refractivity contribution in [1.82, 2.24) is 9.80 Å². The van der Waals surface area contributed by atoms with Crippen LogP contribution in [0, 0.1) is 0 Å². The van der Waals surface area contributed by atoms with Gasteiger partial charge in [0.1, 0.15) is 0 Å².